The third-order valence-electron chi connectivity index (χ3n) is 7.72. The fourth-order valence-electron chi connectivity index (χ4n) is 5.71. The Morgan fingerprint density at radius 2 is 2.00 bits per heavy atom. The number of methoxy groups -OCH3 is 1. The molecule has 1 fully saturated rings. The number of nitrogens with zero attached hydrogens (tertiary/aromatic N) is 4. The van der Waals surface area contributed by atoms with Gasteiger partial charge in [0.15, 0.2) is 0 Å². The zero-order valence-electron chi connectivity index (χ0n) is 22.4. The highest BCUT2D eigenvalue weighted by molar-refractivity contribution is 5.78. The van der Waals surface area contributed by atoms with Gasteiger partial charge >= 0.3 is 0 Å². The summed E-state index contributed by atoms with van der Waals surface area (Å²) in [5.74, 6) is 1.89. The molecule has 2 aromatic carbocycles. The largest absolute Gasteiger partial charge is 0.502 e. The van der Waals surface area contributed by atoms with Crippen molar-refractivity contribution < 1.29 is 4.74 Å². The summed E-state index contributed by atoms with van der Waals surface area (Å²) in [6.45, 7) is 11.6. The fourth-order valence-corrected chi connectivity index (χ4v) is 5.71. The molecular weight excluding hydrogens is 456 g/mol. The molecule has 0 N–H and O–H groups in total. The van der Waals surface area contributed by atoms with Gasteiger partial charge < -0.3 is 9.64 Å². The highest BCUT2D eigenvalue weighted by Crippen LogP contribution is 2.30. The van der Waals surface area contributed by atoms with Crippen molar-refractivity contribution in [2.45, 2.75) is 45.4 Å². The number of hydrogen-bond donors (Lipinski definition) is 0. The zero-order chi connectivity index (χ0) is 25.8. The molecule has 0 bridgehead atoms. The van der Waals surface area contributed by atoms with E-state index in [1.54, 1.807) is 7.11 Å². The smallest absolute Gasteiger partial charge is 0.0890 e. The van der Waals surface area contributed by atoms with E-state index in [0.717, 1.165) is 66.7 Å². The Hall–Kier alpha value is -3.44. The number of allylic oxidation sites excluding steroid dienone is 1. The minimum Gasteiger partial charge on any atom is -0.502 e. The highest BCUT2D eigenvalue weighted by Gasteiger charge is 2.26. The molecule has 2 aromatic heterocycles. The molecular formula is C32H38N4O. The Labute approximate surface area is 220 Å². The summed E-state index contributed by atoms with van der Waals surface area (Å²) in [5.41, 5.74) is 7.10. The molecule has 37 heavy (non-hydrogen) atoms. The molecule has 1 aliphatic rings. The first-order valence-electron chi connectivity index (χ1n) is 13.4. The second-order valence-corrected chi connectivity index (χ2v) is 10.6. The second kappa shape index (κ2) is 11.3. The van der Waals surface area contributed by atoms with E-state index in [9.17, 15) is 0 Å². The Balaban J connectivity index is 1.24. The molecule has 5 heteroatoms. The molecule has 0 spiro atoms. The van der Waals surface area contributed by atoms with E-state index in [2.05, 4.69) is 78.0 Å². The summed E-state index contributed by atoms with van der Waals surface area (Å²) in [5, 5.41) is 5.91. The number of pyridine rings is 1. The number of hydrogen-bond acceptors (Lipinski definition) is 4. The van der Waals surface area contributed by atoms with Gasteiger partial charge in [-0.05, 0) is 87.0 Å². The summed E-state index contributed by atoms with van der Waals surface area (Å²) in [4.78, 5) is 7.16. The summed E-state index contributed by atoms with van der Waals surface area (Å²) in [6.07, 6.45) is 6.29. The SMILES string of the molecule is C=C(CC(CN1CC[C@@H](CCc2ccc3cccnc3c2)C1)c1cccc(-n2nc(C)cc2C)c1)OC. The van der Waals surface area contributed by atoms with Crippen LogP contribution in [0.2, 0.25) is 0 Å². The normalized spacial score (nSPS) is 16.8. The minimum absolute atomic E-state index is 0.328. The van der Waals surface area contributed by atoms with Crippen molar-refractivity contribution in [3.05, 3.63) is 102 Å². The van der Waals surface area contributed by atoms with E-state index in [4.69, 9.17) is 9.84 Å². The monoisotopic (exact) mass is 494 g/mol. The predicted octanol–water partition coefficient (Wildman–Crippen LogP) is 6.63. The van der Waals surface area contributed by atoms with Crippen LogP contribution < -0.4 is 0 Å². The van der Waals surface area contributed by atoms with Crippen LogP contribution in [-0.4, -0.2) is 46.4 Å². The third-order valence-corrected chi connectivity index (χ3v) is 7.72. The molecule has 5 nitrogen and oxygen atoms in total. The molecule has 5 rings (SSSR count). The van der Waals surface area contributed by atoms with Crippen molar-refractivity contribution in [2.75, 3.05) is 26.7 Å². The van der Waals surface area contributed by atoms with Crippen LogP contribution in [0, 0.1) is 19.8 Å². The van der Waals surface area contributed by atoms with Crippen molar-refractivity contribution in [2.24, 2.45) is 5.92 Å². The maximum absolute atomic E-state index is 5.51. The van der Waals surface area contributed by atoms with Gasteiger partial charge in [0.1, 0.15) is 0 Å². The predicted molar refractivity (Wildman–Crippen MR) is 151 cm³/mol. The third kappa shape index (κ3) is 6.11. The van der Waals surface area contributed by atoms with Crippen LogP contribution in [0.25, 0.3) is 16.6 Å². The van der Waals surface area contributed by atoms with E-state index in [1.165, 1.54) is 29.4 Å². The molecule has 3 heterocycles. The van der Waals surface area contributed by atoms with Gasteiger partial charge in [0, 0.05) is 42.7 Å². The van der Waals surface area contributed by atoms with Gasteiger partial charge in [0.2, 0.25) is 0 Å². The van der Waals surface area contributed by atoms with E-state index in [0.29, 0.717) is 5.92 Å². The highest BCUT2D eigenvalue weighted by atomic mass is 16.5. The number of ether oxygens (including phenoxy) is 1. The van der Waals surface area contributed by atoms with Crippen LogP contribution in [-0.2, 0) is 11.2 Å². The van der Waals surface area contributed by atoms with Crippen LogP contribution >= 0.6 is 0 Å². The first-order chi connectivity index (χ1) is 18.0. The number of benzene rings is 2. The van der Waals surface area contributed by atoms with E-state index < -0.39 is 0 Å². The molecule has 0 aliphatic carbocycles. The van der Waals surface area contributed by atoms with Crippen molar-refractivity contribution in [1.29, 1.82) is 0 Å². The van der Waals surface area contributed by atoms with E-state index in [1.807, 2.05) is 23.9 Å². The van der Waals surface area contributed by atoms with Crippen LogP contribution in [0.5, 0.6) is 0 Å². The Morgan fingerprint density at radius 1 is 1.11 bits per heavy atom. The molecule has 1 saturated heterocycles. The van der Waals surface area contributed by atoms with Crippen molar-refractivity contribution in [3.8, 4) is 5.69 Å². The lowest BCUT2D eigenvalue weighted by molar-refractivity contribution is 0.249. The average molecular weight is 495 g/mol. The van der Waals surface area contributed by atoms with Gasteiger partial charge in [0.05, 0.1) is 29.8 Å². The summed E-state index contributed by atoms with van der Waals surface area (Å²) in [7, 11) is 1.72. The molecule has 1 aliphatic heterocycles. The van der Waals surface area contributed by atoms with Crippen LogP contribution in [0.4, 0.5) is 0 Å². The first-order valence-corrected chi connectivity index (χ1v) is 13.4. The maximum Gasteiger partial charge on any atom is 0.0890 e. The summed E-state index contributed by atoms with van der Waals surface area (Å²) < 4.78 is 7.54. The molecule has 0 radical (unpaired) electrons. The lowest BCUT2D eigenvalue weighted by Gasteiger charge is -2.25. The topological polar surface area (TPSA) is 43.2 Å². The van der Waals surface area contributed by atoms with Gasteiger partial charge in [0.25, 0.3) is 0 Å². The Morgan fingerprint density at radius 3 is 2.81 bits per heavy atom. The number of likely N-dealkylation sites (tertiary alicyclic amines) is 1. The molecule has 192 valence electrons. The van der Waals surface area contributed by atoms with Gasteiger partial charge in [-0.2, -0.15) is 5.10 Å². The van der Waals surface area contributed by atoms with Crippen molar-refractivity contribution >= 4 is 10.9 Å². The number of aromatic nitrogens is 3. The van der Waals surface area contributed by atoms with Crippen molar-refractivity contribution in [1.82, 2.24) is 19.7 Å². The Kier molecular flexibility index (Phi) is 7.71. The van der Waals surface area contributed by atoms with Crippen LogP contribution in [0.3, 0.4) is 0 Å². The van der Waals surface area contributed by atoms with Crippen LogP contribution in [0.1, 0.15) is 47.7 Å². The summed E-state index contributed by atoms with van der Waals surface area (Å²) in [6, 6.07) is 21.8. The van der Waals surface area contributed by atoms with E-state index in [-0.39, 0.29) is 0 Å². The van der Waals surface area contributed by atoms with Gasteiger partial charge in [-0.25, -0.2) is 4.68 Å². The average Bonchev–Trinajstić information content (AvgIpc) is 3.51. The lowest BCUT2D eigenvalue weighted by Crippen LogP contribution is -2.27. The lowest BCUT2D eigenvalue weighted by atomic mass is 9.93. The quantitative estimate of drug-likeness (QED) is 0.232. The Bertz CT molecular complexity index is 1370. The minimum atomic E-state index is 0.328. The summed E-state index contributed by atoms with van der Waals surface area (Å²) >= 11 is 0. The van der Waals surface area contributed by atoms with Gasteiger partial charge in [-0.3, -0.25) is 4.98 Å². The first kappa shape index (κ1) is 25.2. The zero-order valence-corrected chi connectivity index (χ0v) is 22.4. The van der Waals surface area contributed by atoms with E-state index >= 15 is 0 Å². The standard InChI is InChI=1S/C32H38N4O/c1-23-17-24(2)36(34-23)31-9-5-7-29(20-31)30(18-25(3)37-4)22-35-16-14-27(21-35)11-10-26-12-13-28-8-6-15-33-32(28)19-26/h5-9,12-13,15,17,19-20,27,30H,3,10-11,14,16,18,21-22H2,1-2,4H3/t27-,30?/m1/s1. The number of rotatable bonds is 10. The van der Waals surface area contributed by atoms with Gasteiger partial charge in [-0.1, -0.05) is 36.9 Å². The van der Waals surface area contributed by atoms with Crippen molar-refractivity contribution in [3.63, 3.8) is 0 Å². The molecule has 2 atom stereocenters. The fraction of sp³-hybridized carbons (Fsp3) is 0.375. The number of fused-ring (bicyclic) bond motifs is 1. The molecule has 1 unspecified atom stereocenters. The van der Waals surface area contributed by atoms with Crippen LogP contribution in [0.15, 0.2) is 79.2 Å². The molecule has 0 saturated carbocycles. The molecule has 4 aromatic rings. The maximum atomic E-state index is 5.51. The molecule has 0 amide bonds. The second-order valence-electron chi connectivity index (χ2n) is 10.6. The van der Waals surface area contributed by atoms with Gasteiger partial charge in [-0.15, -0.1) is 0 Å². The number of aryl methyl sites for hydroxylation is 3.